The van der Waals surface area contributed by atoms with Gasteiger partial charge in [0.05, 0.1) is 22.3 Å². The number of carbonyl (C=O) groups excluding carboxylic acids is 2. The maximum atomic E-state index is 13.2. The Labute approximate surface area is 176 Å². The SMILES string of the molecule is CCNC(=O)NC(=O)CSc1nc2ccccc2c(=O)n1-c1cccc(Cl)c1C. The van der Waals surface area contributed by atoms with Crippen LogP contribution in [-0.2, 0) is 4.79 Å². The van der Waals surface area contributed by atoms with Crippen LogP contribution < -0.4 is 16.2 Å². The normalized spacial score (nSPS) is 10.7. The van der Waals surface area contributed by atoms with Crippen LogP contribution in [0.2, 0.25) is 5.02 Å². The average molecular weight is 431 g/mol. The minimum absolute atomic E-state index is 0.0818. The summed E-state index contributed by atoms with van der Waals surface area (Å²) >= 11 is 7.32. The van der Waals surface area contributed by atoms with Crippen molar-refractivity contribution in [2.45, 2.75) is 19.0 Å². The maximum absolute atomic E-state index is 13.2. The Bertz CT molecular complexity index is 1150. The van der Waals surface area contributed by atoms with Crippen molar-refractivity contribution in [3.05, 3.63) is 63.4 Å². The zero-order chi connectivity index (χ0) is 21.0. The summed E-state index contributed by atoms with van der Waals surface area (Å²) in [5, 5.41) is 6.05. The molecule has 3 aromatic rings. The lowest BCUT2D eigenvalue weighted by Crippen LogP contribution is -2.40. The van der Waals surface area contributed by atoms with Gasteiger partial charge in [-0.1, -0.05) is 41.6 Å². The van der Waals surface area contributed by atoms with Crippen molar-refractivity contribution in [3.8, 4) is 5.69 Å². The number of thioether (sulfide) groups is 1. The zero-order valence-corrected chi connectivity index (χ0v) is 17.4. The molecule has 0 aliphatic carbocycles. The molecule has 0 fully saturated rings. The van der Waals surface area contributed by atoms with Gasteiger partial charge in [-0.25, -0.2) is 9.78 Å². The third-order valence-electron chi connectivity index (χ3n) is 4.15. The number of aromatic nitrogens is 2. The van der Waals surface area contributed by atoms with E-state index in [9.17, 15) is 14.4 Å². The molecule has 0 aliphatic rings. The molecule has 0 unspecified atom stereocenters. The van der Waals surface area contributed by atoms with Crippen molar-refractivity contribution in [1.29, 1.82) is 0 Å². The molecule has 2 N–H and O–H groups in total. The van der Waals surface area contributed by atoms with Crippen LogP contribution in [0.25, 0.3) is 16.6 Å². The Hall–Kier alpha value is -2.84. The Morgan fingerprint density at radius 1 is 1.17 bits per heavy atom. The highest BCUT2D eigenvalue weighted by Crippen LogP contribution is 2.26. The third-order valence-corrected chi connectivity index (χ3v) is 5.50. The number of hydrogen-bond donors (Lipinski definition) is 2. The lowest BCUT2D eigenvalue weighted by atomic mass is 10.2. The van der Waals surface area contributed by atoms with E-state index in [4.69, 9.17) is 11.6 Å². The number of amides is 3. The molecule has 0 radical (unpaired) electrons. The summed E-state index contributed by atoms with van der Waals surface area (Å²) in [5.41, 5.74) is 1.59. The number of fused-ring (bicyclic) bond motifs is 1. The van der Waals surface area contributed by atoms with Crippen molar-refractivity contribution in [1.82, 2.24) is 20.2 Å². The number of carbonyl (C=O) groups is 2. The Kier molecular flexibility index (Phi) is 6.56. The highest BCUT2D eigenvalue weighted by atomic mass is 35.5. The molecule has 0 aliphatic heterocycles. The van der Waals surface area contributed by atoms with E-state index in [1.807, 2.05) is 6.92 Å². The highest BCUT2D eigenvalue weighted by molar-refractivity contribution is 7.99. The van der Waals surface area contributed by atoms with Crippen LogP contribution in [0.1, 0.15) is 12.5 Å². The summed E-state index contributed by atoms with van der Waals surface area (Å²) in [7, 11) is 0. The summed E-state index contributed by atoms with van der Waals surface area (Å²) in [6.07, 6.45) is 0. The Balaban J connectivity index is 2.04. The van der Waals surface area contributed by atoms with Gasteiger partial charge in [-0.2, -0.15) is 0 Å². The molecule has 150 valence electrons. The topological polar surface area (TPSA) is 93.1 Å². The number of rotatable bonds is 5. The van der Waals surface area contributed by atoms with Gasteiger partial charge in [-0.05, 0) is 43.7 Å². The van der Waals surface area contributed by atoms with Crippen LogP contribution in [0, 0.1) is 6.92 Å². The van der Waals surface area contributed by atoms with Crippen LogP contribution in [0.5, 0.6) is 0 Å². The second-order valence-corrected chi connectivity index (χ2v) is 7.48. The maximum Gasteiger partial charge on any atom is 0.321 e. The first-order chi connectivity index (χ1) is 13.9. The smallest absolute Gasteiger partial charge is 0.321 e. The molecule has 1 heterocycles. The average Bonchev–Trinajstić information content (AvgIpc) is 2.69. The number of para-hydroxylation sites is 1. The number of urea groups is 1. The molecule has 9 heteroatoms. The molecule has 2 aromatic carbocycles. The molecule has 0 bridgehead atoms. The largest absolute Gasteiger partial charge is 0.338 e. The van der Waals surface area contributed by atoms with Gasteiger partial charge in [0.2, 0.25) is 5.91 Å². The summed E-state index contributed by atoms with van der Waals surface area (Å²) in [6, 6.07) is 11.7. The summed E-state index contributed by atoms with van der Waals surface area (Å²) < 4.78 is 1.45. The van der Waals surface area contributed by atoms with Gasteiger partial charge in [0, 0.05) is 11.6 Å². The van der Waals surface area contributed by atoms with Gasteiger partial charge in [-0.3, -0.25) is 19.5 Å². The number of nitrogens with zero attached hydrogens (tertiary/aromatic N) is 2. The van der Waals surface area contributed by atoms with Gasteiger partial charge < -0.3 is 5.32 Å². The van der Waals surface area contributed by atoms with Crippen molar-refractivity contribution in [2.75, 3.05) is 12.3 Å². The van der Waals surface area contributed by atoms with E-state index < -0.39 is 11.9 Å². The van der Waals surface area contributed by atoms with Gasteiger partial charge >= 0.3 is 6.03 Å². The summed E-state index contributed by atoms with van der Waals surface area (Å²) in [4.78, 5) is 41.4. The van der Waals surface area contributed by atoms with Crippen molar-refractivity contribution in [2.24, 2.45) is 0 Å². The van der Waals surface area contributed by atoms with E-state index in [0.717, 1.165) is 17.3 Å². The number of halogens is 1. The van der Waals surface area contributed by atoms with E-state index in [2.05, 4.69) is 15.6 Å². The van der Waals surface area contributed by atoms with E-state index in [0.29, 0.717) is 33.3 Å². The molecule has 0 spiro atoms. The molecule has 0 saturated heterocycles. The van der Waals surface area contributed by atoms with Gasteiger partial charge in [0.25, 0.3) is 5.56 Å². The predicted molar refractivity (Wildman–Crippen MR) is 115 cm³/mol. The van der Waals surface area contributed by atoms with Crippen LogP contribution in [-0.4, -0.2) is 33.8 Å². The van der Waals surface area contributed by atoms with Crippen LogP contribution >= 0.6 is 23.4 Å². The zero-order valence-electron chi connectivity index (χ0n) is 15.9. The minimum atomic E-state index is -0.562. The fraction of sp³-hybridized carbons (Fsp3) is 0.200. The number of benzene rings is 2. The van der Waals surface area contributed by atoms with E-state index in [1.54, 1.807) is 49.4 Å². The molecule has 3 amide bonds. The van der Waals surface area contributed by atoms with Gasteiger partial charge in [0.15, 0.2) is 5.16 Å². The molecule has 0 atom stereocenters. The number of nitrogens with one attached hydrogen (secondary N) is 2. The molecule has 29 heavy (non-hydrogen) atoms. The molecule has 7 nitrogen and oxygen atoms in total. The summed E-state index contributed by atoms with van der Waals surface area (Å²) in [5.74, 6) is -0.570. The first-order valence-electron chi connectivity index (χ1n) is 8.90. The van der Waals surface area contributed by atoms with Crippen molar-refractivity contribution >= 4 is 46.2 Å². The second kappa shape index (κ2) is 9.11. The monoisotopic (exact) mass is 430 g/mol. The predicted octanol–water partition coefficient (Wildman–Crippen LogP) is 3.29. The fourth-order valence-electron chi connectivity index (χ4n) is 2.76. The van der Waals surface area contributed by atoms with Crippen molar-refractivity contribution in [3.63, 3.8) is 0 Å². The van der Waals surface area contributed by atoms with Crippen LogP contribution in [0.4, 0.5) is 4.79 Å². The Morgan fingerprint density at radius 3 is 2.69 bits per heavy atom. The molecular weight excluding hydrogens is 412 g/mol. The summed E-state index contributed by atoms with van der Waals surface area (Å²) in [6.45, 7) is 3.98. The van der Waals surface area contributed by atoms with Gasteiger partial charge in [-0.15, -0.1) is 0 Å². The van der Waals surface area contributed by atoms with Gasteiger partial charge in [0.1, 0.15) is 0 Å². The van der Waals surface area contributed by atoms with Crippen LogP contribution in [0.3, 0.4) is 0 Å². The first kappa shape index (κ1) is 20.9. The highest BCUT2D eigenvalue weighted by Gasteiger charge is 2.17. The fourth-order valence-corrected chi connectivity index (χ4v) is 3.73. The van der Waals surface area contributed by atoms with Crippen molar-refractivity contribution < 1.29 is 9.59 Å². The number of imide groups is 1. The minimum Gasteiger partial charge on any atom is -0.338 e. The quantitative estimate of drug-likeness (QED) is 0.478. The molecule has 1 aromatic heterocycles. The van der Waals surface area contributed by atoms with Crippen LogP contribution in [0.15, 0.2) is 52.4 Å². The first-order valence-corrected chi connectivity index (χ1v) is 10.3. The van der Waals surface area contributed by atoms with E-state index in [-0.39, 0.29) is 11.3 Å². The standard InChI is InChI=1S/C20H19ClN4O3S/c1-3-22-19(28)24-17(26)11-29-20-23-15-9-5-4-7-13(15)18(27)25(20)16-10-6-8-14(21)12(16)2/h4-10H,3,11H2,1-2H3,(H2,22,24,26,28). The van der Waals surface area contributed by atoms with E-state index in [1.165, 1.54) is 4.57 Å². The lowest BCUT2D eigenvalue weighted by molar-refractivity contribution is -0.117. The molecule has 0 saturated carbocycles. The second-order valence-electron chi connectivity index (χ2n) is 6.13. The third kappa shape index (κ3) is 4.60. The number of hydrogen-bond acceptors (Lipinski definition) is 5. The van der Waals surface area contributed by atoms with E-state index >= 15 is 0 Å². The molecule has 3 rings (SSSR count). The molecular formula is C20H19ClN4O3S. The lowest BCUT2D eigenvalue weighted by Gasteiger charge is -2.15. The Morgan fingerprint density at radius 2 is 1.93 bits per heavy atom.